The van der Waals surface area contributed by atoms with Crippen molar-refractivity contribution in [2.45, 2.75) is 56.5 Å². The van der Waals surface area contributed by atoms with E-state index in [0.717, 1.165) is 37.0 Å². The van der Waals surface area contributed by atoms with Gasteiger partial charge in [-0.1, -0.05) is 44.4 Å². The molecule has 1 aliphatic carbocycles. The van der Waals surface area contributed by atoms with Gasteiger partial charge in [0.2, 0.25) is 0 Å². The van der Waals surface area contributed by atoms with Crippen LogP contribution in [0.15, 0.2) is 24.3 Å². The minimum atomic E-state index is -0.936. The molecular formula is C18H23NO2. The van der Waals surface area contributed by atoms with E-state index in [4.69, 9.17) is 4.74 Å². The van der Waals surface area contributed by atoms with Crippen molar-refractivity contribution < 1.29 is 9.84 Å². The number of aliphatic hydroxyl groups is 1. The lowest BCUT2D eigenvalue weighted by atomic mass is 9.56. The van der Waals surface area contributed by atoms with Crippen LogP contribution in [0.25, 0.3) is 0 Å². The highest BCUT2D eigenvalue weighted by Gasteiger charge is 2.58. The number of rotatable bonds is 2. The number of hydrogen-bond donors (Lipinski definition) is 1. The first-order chi connectivity index (χ1) is 10.2. The molecular weight excluding hydrogens is 262 g/mol. The Bertz CT molecular complexity index is 565. The van der Waals surface area contributed by atoms with E-state index >= 15 is 0 Å². The van der Waals surface area contributed by atoms with Crippen LogP contribution in [0.5, 0.6) is 5.75 Å². The maximum absolute atomic E-state index is 11.6. The maximum atomic E-state index is 11.6. The van der Waals surface area contributed by atoms with Crippen molar-refractivity contribution in [2.24, 2.45) is 5.92 Å². The van der Waals surface area contributed by atoms with Gasteiger partial charge >= 0.3 is 0 Å². The first-order valence-corrected chi connectivity index (χ1v) is 8.04. The van der Waals surface area contributed by atoms with E-state index in [9.17, 15) is 10.4 Å². The van der Waals surface area contributed by atoms with Crippen molar-refractivity contribution in [3.05, 3.63) is 29.8 Å². The van der Waals surface area contributed by atoms with Crippen LogP contribution in [0.3, 0.4) is 0 Å². The summed E-state index contributed by atoms with van der Waals surface area (Å²) in [4.78, 5) is 0. The van der Waals surface area contributed by atoms with Gasteiger partial charge in [0.05, 0.1) is 18.3 Å². The molecule has 0 bridgehead atoms. The first-order valence-electron chi connectivity index (χ1n) is 8.04. The lowest BCUT2D eigenvalue weighted by molar-refractivity contribution is -0.104. The fourth-order valence-electron chi connectivity index (χ4n) is 4.39. The second kappa shape index (κ2) is 5.35. The van der Waals surface area contributed by atoms with Gasteiger partial charge < -0.3 is 9.84 Å². The van der Waals surface area contributed by atoms with Crippen LogP contribution in [-0.4, -0.2) is 17.3 Å². The van der Waals surface area contributed by atoms with Crippen molar-refractivity contribution in [1.82, 2.24) is 0 Å². The number of nitriles is 1. The normalized spacial score (nSPS) is 35.4. The van der Waals surface area contributed by atoms with Crippen LogP contribution in [0, 0.1) is 17.2 Å². The van der Waals surface area contributed by atoms with Gasteiger partial charge in [0.25, 0.3) is 0 Å². The van der Waals surface area contributed by atoms with Crippen molar-refractivity contribution in [1.29, 1.82) is 5.26 Å². The van der Waals surface area contributed by atoms with E-state index in [0.29, 0.717) is 19.4 Å². The highest BCUT2D eigenvalue weighted by atomic mass is 16.5. The summed E-state index contributed by atoms with van der Waals surface area (Å²) in [6.07, 6.45) is 5.38. The Kier molecular flexibility index (Phi) is 3.67. The highest BCUT2D eigenvalue weighted by molar-refractivity contribution is 5.48. The molecule has 0 aromatic heterocycles. The average molecular weight is 285 g/mol. The fourth-order valence-corrected chi connectivity index (χ4v) is 4.39. The van der Waals surface area contributed by atoms with Gasteiger partial charge in [-0.15, -0.1) is 0 Å². The van der Waals surface area contributed by atoms with Crippen LogP contribution in [0.1, 0.15) is 51.0 Å². The van der Waals surface area contributed by atoms with E-state index in [2.05, 4.69) is 13.0 Å². The third kappa shape index (κ3) is 1.97. The molecule has 3 unspecified atom stereocenters. The van der Waals surface area contributed by atoms with E-state index < -0.39 is 11.0 Å². The number of para-hydroxylation sites is 1. The highest BCUT2D eigenvalue weighted by Crippen LogP contribution is 2.53. The minimum absolute atomic E-state index is 0.192. The molecule has 0 saturated heterocycles. The average Bonchev–Trinajstić information content (AvgIpc) is 2.54. The Morgan fingerprint density at radius 2 is 2.14 bits per heavy atom. The van der Waals surface area contributed by atoms with E-state index in [1.807, 2.05) is 24.3 Å². The molecule has 3 atom stereocenters. The van der Waals surface area contributed by atoms with Crippen LogP contribution in [0.4, 0.5) is 0 Å². The molecule has 3 heteroatoms. The summed E-state index contributed by atoms with van der Waals surface area (Å²) in [5.74, 6) is 0.955. The lowest BCUT2D eigenvalue weighted by Gasteiger charge is -2.51. The molecule has 0 amide bonds. The first kappa shape index (κ1) is 14.4. The molecule has 0 radical (unpaired) electrons. The summed E-state index contributed by atoms with van der Waals surface area (Å²) in [5, 5.41) is 21.6. The van der Waals surface area contributed by atoms with Gasteiger partial charge in [0, 0.05) is 12.0 Å². The second-order valence-corrected chi connectivity index (χ2v) is 6.39. The zero-order chi connectivity index (χ0) is 14.9. The SMILES string of the molecule is CCC1CCCCC1(O)C1(C#N)CCOc2ccccc21. The van der Waals surface area contributed by atoms with Gasteiger partial charge in [0.1, 0.15) is 11.2 Å². The third-order valence-corrected chi connectivity index (χ3v) is 5.54. The van der Waals surface area contributed by atoms with Gasteiger partial charge in [-0.05, 0) is 24.8 Å². The Morgan fingerprint density at radius 3 is 2.90 bits per heavy atom. The number of fused-ring (bicyclic) bond motifs is 1. The largest absolute Gasteiger partial charge is 0.493 e. The molecule has 1 saturated carbocycles. The third-order valence-electron chi connectivity index (χ3n) is 5.54. The molecule has 112 valence electrons. The maximum Gasteiger partial charge on any atom is 0.124 e. The van der Waals surface area contributed by atoms with Crippen molar-refractivity contribution in [2.75, 3.05) is 6.61 Å². The standard InChI is InChI=1S/C18H23NO2/c1-2-14-7-5-6-10-18(14,20)17(13-19)11-12-21-16-9-4-3-8-15(16)17/h3-4,8-9,14,20H,2,5-7,10-12H2,1H3. The molecule has 1 N–H and O–H groups in total. The molecule has 1 heterocycles. The molecule has 1 aliphatic heterocycles. The number of ether oxygens (including phenoxy) is 1. The predicted octanol–water partition coefficient (Wildman–Crippen LogP) is 3.56. The molecule has 1 aromatic carbocycles. The van der Waals surface area contributed by atoms with Crippen LogP contribution in [0.2, 0.25) is 0 Å². The Hall–Kier alpha value is -1.53. The van der Waals surface area contributed by atoms with Crippen LogP contribution >= 0.6 is 0 Å². The monoisotopic (exact) mass is 285 g/mol. The molecule has 21 heavy (non-hydrogen) atoms. The Labute approximate surface area is 126 Å². The molecule has 3 nitrogen and oxygen atoms in total. The topological polar surface area (TPSA) is 53.2 Å². The zero-order valence-electron chi connectivity index (χ0n) is 12.6. The Morgan fingerprint density at radius 1 is 1.33 bits per heavy atom. The van der Waals surface area contributed by atoms with Crippen molar-refractivity contribution >= 4 is 0 Å². The van der Waals surface area contributed by atoms with E-state index in [-0.39, 0.29) is 5.92 Å². The number of hydrogen-bond acceptors (Lipinski definition) is 3. The molecule has 2 aliphatic rings. The number of nitrogens with zero attached hydrogens (tertiary/aromatic N) is 1. The van der Waals surface area contributed by atoms with Crippen LogP contribution in [-0.2, 0) is 5.41 Å². The summed E-state index contributed by atoms with van der Waals surface area (Å²) < 4.78 is 5.72. The molecule has 1 fully saturated rings. The lowest BCUT2D eigenvalue weighted by Crippen LogP contribution is -2.58. The molecule has 3 rings (SSSR count). The summed E-state index contributed by atoms with van der Waals surface area (Å²) >= 11 is 0. The second-order valence-electron chi connectivity index (χ2n) is 6.39. The molecule has 1 aromatic rings. The zero-order valence-corrected chi connectivity index (χ0v) is 12.6. The Balaban J connectivity index is 2.15. The van der Waals surface area contributed by atoms with Gasteiger partial charge in [-0.3, -0.25) is 0 Å². The van der Waals surface area contributed by atoms with E-state index in [1.165, 1.54) is 0 Å². The van der Waals surface area contributed by atoms with Gasteiger partial charge in [-0.2, -0.15) is 5.26 Å². The number of benzene rings is 1. The van der Waals surface area contributed by atoms with Crippen LogP contribution < -0.4 is 4.74 Å². The van der Waals surface area contributed by atoms with Gasteiger partial charge in [0.15, 0.2) is 0 Å². The molecule has 0 spiro atoms. The summed E-state index contributed by atoms with van der Waals surface area (Å²) in [6, 6.07) is 10.2. The smallest absolute Gasteiger partial charge is 0.124 e. The van der Waals surface area contributed by atoms with Crippen molar-refractivity contribution in [3.8, 4) is 11.8 Å². The summed E-state index contributed by atoms with van der Waals surface area (Å²) in [7, 11) is 0. The van der Waals surface area contributed by atoms with Crippen molar-refractivity contribution in [3.63, 3.8) is 0 Å². The fraction of sp³-hybridized carbons (Fsp3) is 0.611. The quantitative estimate of drug-likeness (QED) is 0.904. The summed E-state index contributed by atoms with van der Waals surface area (Å²) in [6.45, 7) is 2.63. The van der Waals surface area contributed by atoms with E-state index in [1.54, 1.807) is 0 Å². The minimum Gasteiger partial charge on any atom is -0.493 e. The predicted molar refractivity (Wildman–Crippen MR) is 81.0 cm³/mol. The van der Waals surface area contributed by atoms with Gasteiger partial charge in [-0.25, -0.2) is 0 Å². The summed E-state index contributed by atoms with van der Waals surface area (Å²) in [5.41, 5.74) is -0.890.